The Balaban J connectivity index is 2.38. The summed E-state index contributed by atoms with van der Waals surface area (Å²) in [6.07, 6.45) is -2.48. The lowest BCUT2D eigenvalue weighted by atomic mass is 10.2. The van der Waals surface area contributed by atoms with E-state index in [4.69, 9.17) is 0 Å². The van der Waals surface area contributed by atoms with Crippen LogP contribution < -0.4 is 0 Å². The normalized spacial score (nSPS) is 11.3. The Morgan fingerprint density at radius 1 is 1.23 bits per heavy atom. The Morgan fingerprint density at radius 2 is 2.00 bits per heavy atom. The van der Waals surface area contributed by atoms with Crippen LogP contribution in [0.4, 0.5) is 8.78 Å². The molecule has 0 spiro atoms. The number of aromatic amines is 1. The van der Waals surface area contributed by atoms with E-state index >= 15 is 0 Å². The molecule has 1 nitrogen and oxygen atoms in total. The summed E-state index contributed by atoms with van der Waals surface area (Å²) in [5.41, 5.74) is 1.51. The molecular formula is C10H9F2N. The molecule has 0 aliphatic carbocycles. The van der Waals surface area contributed by atoms with Crippen molar-refractivity contribution in [2.45, 2.75) is 12.8 Å². The number of aromatic nitrogens is 1. The molecule has 3 heteroatoms. The third-order valence-corrected chi connectivity index (χ3v) is 1.96. The van der Waals surface area contributed by atoms with E-state index in [9.17, 15) is 8.78 Å². The number of alkyl halides is 2. The molecule has 0 unspecified atom stereocenters. The Kier molecular flexibility index (Phi) is 2.00. The first-order chi connectivity index (χ1) is 6.25. The molecule has 0 atom stereocenters. The van der Waals surface area contributed by atoms with Gasteiger partial charge >= 0.3 is 0 Å². The van der Waals surface area contributed by atoms with Gasteiger partial charge in [0.1, 0.15) is 0 Å². The van der Waals surface area contributed by atoms with Crippen LogP contribution in [0.25, 0.3) is 10.9 Å². The van der Waals surface area contributed by atoms with Crippen molar-refractivity contribution in [1.29, 1.82) is 0 Å². The molecule has 1 aromatic carbocycles. The number of hydrogen-bond acceptors (Lipinski definition) is 0. The van der Waals surface area contributed by atoms with Crippen molar-refractivity contribution in [3.63, 3.8) is 0 Å². The molecule has 13 heavy (non-hydrogen) atoms. The van der Waals surface area contributed by atoms with Crippen molar-refractivity contribution < 1.29 is 8.78 Å². The lowest BCUT2D eigenvalue weighted by Crippen LogP contribution is -1.95. The van der Waals surface area contributed by atoms with Crippen LogP contribution in [-0.4, -0.2) is 11.4 Å². The Labute approximate surface area is 74.4 Å². The minimum Gasteiger partial charge on any atom is -0.358 e. The zero-order valence-electron chi connectivity index (χ0n) is 6.93. The summed E-state index contributed by atoms with van der Waals surface area (Å²) in [5, 5.41) is 0.984. The highest BCUT2D eigenvalue weighted by molar-refractivity contribution is 5.80. The highest BCUT2D eigenvalue weighted by Gasteiger charge is 2.06. The number of halogens is 2. The van der Waals surface area contributed by atoms with Crippen LogP contribution in [0.3, 0.4) is 0 Å². The van der Waals surface area contributed by atoms with Crippen LogP contribution in [0.1, 0.15) is 5.69 Å². The van der Waals surface area contributed by atoms with Crippen LogP contribution in [0.15, 0.2) is 30.3 Å². The molecule has 0 radical (unpaired) electrons. The van der Waals surface area contributed by atoms with Gasteiger partial charge in [-0.1, -0.05) is 18.2 Å². The average Bonchev–Trinajstić information content (AvgIpc) is 2.44. The Bertz CT molecular complexity index is 373. The van der Waals surface area contributed by atoms with Crippen molar-refractivity contribution in [2.75, 3.05) is 0 Å². The van der Waals surface area contributed by atoms with Crippen molar-refractivity contribution in [1.82, 2.24) is 4.98 Å². The molecule has 0 bridgehead atoms. The van der Waals surface area contributed by atoms with Crippen LogP contribution >= 0.6 is 0 Å². The van der Waals surface area contributed by atoms with Gasteiger partial charge in [-0.3, -0.25) is 0 Å². The first-order valence-corrected chi connectivity index (χ1v) is 4.10. The van der Waals surface area contributed by atoms with E-state index in [1.54, 1.807) is 6.07 Å². The topological polar surface area (TPSA) is 15.8 Å². The van der Waals surface area contributed by atoms with E-state index in [0.29, 0.717) is 5.69 Å². The summed E-state index contributed by atoms with van der Waals surface area (Å²) in [7, 11) is 0. The van der Waals surface area contributed by atoms with Crippen LogP contribution in [0.2, 0.25) is 0 Å². The van der Waals surface area contributed by atoms with Crippen LogP contribution in [0, 0.1) is 0 Å². The molecule has 68 valence electrons. The fourth-order valence-corrected chi connectivity index (χ4v) is 1.41. The second kappa shape index (κ2) is 3.17. The standard InChI is InChI=1S/C10H9F2N/c11-10(12)6-8-5-7-3-1-2-4-9(7)13-8/h1-5,10,13H,6H2. The maximum atomic E-state index is 12.0. The largest absolute Gasteiger partial charge is 0.358 e. The molecular weight excluding hydrogens is 172 g/mol. The third-order valence-electron chi connectivity index (χ3n) is 1.96. The summed E-state index contributed by atoms with van der Waals surface area (Å²) >= 11 is 0. The van der Waals surface area contributed by atoms with Gasteiger partial charge in [0.2, 0.25) is 6.43 Å². The molecule has 0 amide bonds. The van der Waals surface area contributed by atoms with Gasteiger partial charge in [-0.25, -0.2) is 8.78 Å². The summed E-state index contributed by atoms with van der Waals surface area (Å²) in [6, 6.07) is 9.32. The van der Waals surface area contributed by atoms with Crippen LogP contribution in [0.5, 0.6) is 0 Å². The minimum absolute atomic E-state index is 0.200. The number of benzene rings is 1. The quantitative estimate of drug-likeness (QED) is 0.733. The third kappa shape index (κ3) is 1.69. The SMILES string of the molecule is FC(F)Cc1cc2ccccc2[nH]1. The van der Waals surface area contributed by atoms with Gasteiger partial charge in [0.15, 0.2) is 0 Å². The van der Waals surface area contributed by atoms with Crippen molar-refractivity contribution >= 4 is 10.9 Å². The van der Waals surface area contributed by atoms with Gasteiger partial charge in [-0.2, -0.15) is 0 Å². The number of hydrogen-bond donors (Lipinski definition) is 1. The smallest absolute Gasteiger partial charge is 0.244 e. The first kappa shape index (κ1) is 8.23. The van der Waals surface area contributed by atoms with E-state index < -0.39 is 6.43 Å². The van der Waals surface area contributed by atoms with Gasteiger partial charge in [-0.15, -0.1) is 0 Å². The predicted octanol–water partition coefficient (Wildman–Crippen LogP) is 2.98. The lowest BCUT2D eigenvalue weighted by molar-refractivity contribution is 0.148. The molecule has 2 aromatic rings. The van der Waals surface area contributed by atoms with Crippen molar-refractivity contribution in [3.05, 3.63) is 36.0 Å². The van der Waals surface area contributed by atoms with E-state index in [2.05, 4.69) is 4.98 Å². The van der Waals surface area contributed by atoms with Gasteiger partial charge < -0.3 is 4.98 Å². The number of fused-ring (bicyclic) bond motifs is 1. The fraction of sp³-hybridized carbons (Fsp3) is 0.200. The summed E-state index contributed by atoms with van der Waals surface area (Å²) in [4.78, 5) is 2.95. The number of rotatable bonds is 2. The molecule has 0 saturated heterocycles. The summed E-state index contributed by atoms with van der Waals surface area (Å²) in [6.45, 7) is 0. The maximum Gasteiger partial charge on any atom is 0.244 e. The van der Waals surface area contributed by atoms with E-state index in [1.807, 2.05) is 24.3 Å². The molecule has 0 aliphatic rings. The van der Waals surface area contributed by atoms with E-state index in [-0.39, 0.29) is 6.42 Å². The van der Waals surface area contributed by atoms with Gasteiger partial charge in [0.25, 0.3) is 0 Å². The second-order valence-electron chi connectivity index (χ2n) is 2.98. The monoisotopic (exact) mass is 181 g/mol. The summed E-state index contributed by atoms with van der Waals surface area (Å²) < 4.78 is 24.1. The van der Waals surface area contributed by atoms with Gasteiger partial charge in [-0.05, 0) is 17.5 Å². The lowest BCUT2D eigenvalue weighted by Gasteiger charge is -1.93. The molecule has 2 rings (SSSR count). The molecule has 1 aromatic heterocycles. The van der Waals surface area contributed by atoms with Crippen LogP contribution in [-0.2, 0) is 6.42 Å². The Hall–Kier alpha value is -1.38. The van der Waals surface area contributed by atoms with Crippen molar-refractivity contribution in [2.24, 2.45) is 0 Å². The first-order valence-electron chi connectivity index (χ1n) is 4.10. The van der Waals surface area contributed by atoms with E-state index in [0.717, 1.165) is 10.9 Å². The highest BCUT2D eigenvalue weighted by Crippen LogP contribution is 2.16. The maximum absolute atomic E-state index is 12.0. The zero-order chi connectivity index (χ0) is 9.26. The molecule has 0 fully saturated rings. The Morgan fingerprint density at radius 3 is 2.69 bits per heavy atom. The predicted molar refractivity (Wildman–Crippen MR) is 48.0 cm³/mol. The van der Waals surface area contributed by atoms with Gasteiger partial charge in [0.05, 0.1) is 0 Å². The molecule has 1 heterocycles. The minimum atomic E-state index is -2.28. The molecule has 0 saturated carbocycles. The fourth-order valence-electron chi connectivity index (χ4n) is 1.41. The summed E-state index contributed by atoms with van der Waals surface area (Å²) in [5.74, 6) is 0. The average molecular weight is 181 g/mol. The van der Waals surface area contributed by atoms with Crippen molar-refractivity contribution in [3.8, 4) is 0 Å². The molecule has 1 N–H and O–H groups in total. The molecule has 0 aliphatic heterocycles. The number of para-hydroxylation sites is 1. The second-order valence-corrected chi connectivity index (χ2v) is 2.98. The zero-order valence-corrected chi connectivity index (χ0v) is 6.93. The highest BCUT2D eigenvalue weighted by atomic mass is 19.3. The number of H-pyrrole nitrogens is 1. The number of nitrogens with one attached hydrogen (secondary N) is 1. The van der Waals surface area contributed by atoms with Gasteiger partial charge in [0, 0.05) is 17.6 Å². The van der Waals surface area contributed by atoms with E-state index in [1.165, 1.54) is 0 Å².